The molecule has 0 aromatic heterocycles. The molecule has 0 spiro atoms. The number of carbonyl (C=O) groups is 2. The molecule has 0 aliphatic heterocycles. The van der Waals surface area contributed by atoms with Gasteiger partial charge in [-0.3, -0.25) is 9.59 Å². The number of nitrogens with one attached hydrogen (secondary N) is 2. The van der Waals surface area contributed by atoms with Gasteiger partial charge in [0.2, 0.25) is 5.91 Å². The van der Waals surface area contributed by atoms with Crippen LogP contribution in [-0.2, 0) is 42.3 Å². The van der Waals surface area contributed by atoms with E-state index in [2.05, 4.69) is 17.0 Å². The molecular formula is C33H42N2O6S. The summed E-state index contributed by atoms with van der Waals surface area (Å²) in [6, 6.07) is 25.2. The fraction of sp³-hybridized carbons (Fsp3) is 0.394. The molecule has 9 heteroatoms. The first-order chi connectivity index (χ1) is 20.1. The quantitative estimate of drug-likeness (QED) is 0.179. The highest BCUT2D eigenvalue weighted by molar-refractivity contribution is 7.90. The average Bonchev–Trinajstić information content (AvgIpc) is 2.96. The second-order valence-corrected chi connectivity index (χ2v) is 12.6. The van der Waals surface area contributed by atoms with Gasteiger partial charge >= 0.3 is 0 Å². The first-order valence-electron chi connectivity index (χ1n) is 14.3. The van der Waals surface area contributed by atoms with Crippen molar-refractivity contribution in [3.05, 3.63) is 96.1 Å². The van der Waals surface area contributed by atoms with Crippen LogP contribution in [0.25, 0.3) is 0 Å². The number of carbonyl (C=O) groups excluding carboxylic acids is 2. The minimum Gasteiger partial charge on any atom is -0.376 e. The van der Waals surface area contributed by atoms with E-state index in [4.69, 9.17) is 9.47 Å². The normalized spacial score (nSPS) is 12.5. The Bertz CT molecular complexity index is 1380. The summed E-state index contributed by atoms with van der Waals surface area (Å²) in [6.45, 7) is 6.56. The van der Waals surface area contributed by atoms with Gasteiger partial charge in [0, 0.05) is 11.8 Å². The van der Waals surface area contributed by atoms with Crippen molar-refractivity contribution in [2.75, 3.05) is 11.9 Å². The van der Waals surface area contributed by atoms with Gasteiger partial charge < -0.3 is 14.8 Å². The Kier molecular flexibility index (Phi) is 12.7. The fourth-order valence-electron chi connectivity index (χ4n) is 4.46. The number of ether oxygens (including phenoxy) is 2. The van der Waals surface area contributed by atoms with Crippen LogP contribution in [0.5, 0.6) is 0 Å². The Morgan fingerprint density at radius 3 is 2.05 bits per heavy atom. The highest BCUT2D eigenvalue weighted by Gasteiger charge is 2.37. The standard InChI is InChI=1S/C33H42N2O6S/c1-4-5-6-13-22-30(36)35-42(38,39)29-21-15-14-20-28(29)34-32(37)31(41-24-27-18-11-8-12-19-27)33(2,3)25-40-23-26-16-9-7-10-17-26/h7-12,14-21,31H,4-6,13,22-25H2,1-3H3,(H,34,37)(H,35,36). The molecule has 0 aliphatic carbocycles. The summed E-state index contributed by atoms with van der Waals surface area (Å²) in [4.78, 5) is 25.9. The van der Waals surface area contributed by atoms with Crippen molar-refractivity contribution >= 4 is 27.5 Å². The summed E-state index contributed by atoms with van der Waals surface area (Å²) < 4.78 is 40.6. The minimum absolute atomic E-state index is 0.0584. The predicted molar refractivity (Wildman–Crippen MR) is 164 cm³/mol. The topological polar surface area (TPSA) is 111 Å². The second kappa shape index (κ2) is 16.2. The molecule has 0 bridgehead atoms. The van der Waals surface area contributed by atoms with Crippen molar-refractivity contribution in [2.24, 2.45) is 5.41 Å². The number of benzene rings is 3. The number of rotatable bonds is 17. The maximum atomic E-state index is 13.7. The molecule has 226 valence electrons. The summed E-state index contributed by atoms with van der Waals surface area (Å²) in [7, 11) is -4.22. The maximum Gasteiger partial charge on any atom is 0.266 e. The lowest BCUT2D eigenvalue weighted by molar-refractivity contribution is -0.141. The van der Waals surface area contributed by atoms with Gasteiger partial charge in [0.15, 0.2) is 0 Å². The Morgan fingerprint density at radius 2 is 1.40 bits per heavy atom. The summed E-state index contributed by atoms with van der Waals surface area (Å²) in [5, 5.41) is 2.75. The van der Waals surface area contributed by atoms with Crippen molar-refractivity contribution in [1.29, 1.82) is 0 Å². The second-order valence-electron chi connectivity index (χ2n) is 11.0. The fourth-order valence-corrected chi connectivity index (χ4v) is 5.64. The van der Waals surface area contributed by atoms with E-state index in [0.29, 0.717) is 13.0 Å². The van der Waals surface area contributed by atoms with Gasteiger partial charge in [-0.25, -0.2) is 13.1 Å². The first-order valence-corrected chi connectivity index (χ1v) is 15.8. The number of sulfonamides is 1. The third-order valence-electron chi connectivity index (χ3n) is 6.73. The molecule has 3 aromatic carbocycles. The van der Waals surface area contributed by atoms with Crippen LogP contribution in [0.1, 0.15) is 64.0 Å². The summed E-state index contributed by atoms with van der Waals surface area (Å²) in [5.41, 5.74) is 1.17. The number of unbranched alkanes of at least 4 members (excludes halogenated alkanes) is 3. The van der Waals surface area contributed by atoms with Crippen LogP contribution in [0.15, 0.2) is 89.8 Å². The number of para-hydroxylation sites is 1. The van der Waals surface area contributed by atoms with Crippen molar-refractivity contribution in [3.63, 3.8) is 0 Å². The Labute approximate surface area is 249 Å². The van der Waals surface area contributed by atoms with Crippen molar-refractivity contribution < 1.29 is 27.5 Å². The smallest absolute Gasteiger partial charge is 0.266 e. The van der Waals surface area contributed by atoms with Gasteiger partial charge in [-0.1, -0.05) is 113 Å². The molecule has 3 aromatic rings. The van der Waals surface area contributed by atoms with E-state index in [1.807, 2.05) is 74.5 Å². The van der Waals surface area contributed by atoms with E-state index in [9.17, 15) is 18.0 Å². The van der Waals surface area contributed by atoms with Crippen LogP contribution in [0.4, 0.5) is 5.69 Å². The van der Waals surface area contributed by atoms with Gasteiger partial charge in [0.25, 0.3) is 15.9 Å². The molecule has 1 unspecified atom stereocenters. The number of hydrogen-bond donors (Lipinski definition) is 2. The summed E-state index contributed by atoms with van der Waals surface area (Å²) in [6.07, 6.45) is 2.58. The van der Waals surface area contributed by atoms with Gasteiger partial charge in [-0.05, 0) is 29.7 Å². The number of amides is 2. The van der Waals surface area contributed by atoms with E-state index in [-0.39, 0.29) is 30.2 Å². The molecule has 0 heterocycles. The zero-order valence-corrected chi connectivity index (χ0v) is 25.5. The van der Waals surface area contributed by atoms with Crippen LogP contribution < -0.4 is 10.0 Å². The molecule has 42 heavy (non-hydrogen) atoms. The lowest BCUT2D eigenvalue weighted by Crippen LogP contribution is -2.45. The summed E-state index contributed by atoms with van der Waals surface area (Å²) in [5.74, 6) is -1.10. The molecule has 3 rings (SSSR count). The van der Waals surface area contributed by atoms with E-state index >= 15 is 0 Å². The van der Waals surface area contributed by atoms with Crippen molar-refractivity contribution in [1.82, 2.24) is 4.72 Å². The molecule has 0 fully saturated rings. The van der Waals surface area contributed by atoms with E-state index in [0.717, 1.165) is 30.4 Å². The van der Waals surface area contributed by atoms with E-state index < -0.39 is 33.4 Å². The SMILES string of the molecule is CCCCCCC(=O)NS(=O)(=O)c1ccccc1NC(=O)C(OCc1ccccc1)C(C)(C)COCc1ccccc1. The molecule has 8 nitrogen and oxygen atoms in total. The molecule has 0 saturated carbocycles. The number of hydrogen-bond acceptors (Lipinski definition) is 6. The minimum atomic E-state index is -4.22. The third-order valence-corrected chi connectivity index (χ3v) is 8.16. The van der Waals surface area contributed by atoms with Gasteiger partial charge in [-0.15, -0.1) is 0 Å². The monoisotopic (exact) mass is 594 g/mol. The maximum absolute atomic E-state index is 13.7. The van der Waals surface area contributed by atoms with Gasteiger partial charge in [-0.2, -0.15) is 0 Å². The van der Waals surface area contributed by atoms with Crippen LogP contribution in [0.2, 0.25) is 0 Å². The largest absolute Gasteiger partial charge is 0.376 e. The molecule has 2 amide bonds. The van der Waals surface area contributed by atoms with Gasteiger partial charge in [0.1, 0.15) is 11.0 Å². The molecule has 0 saturated heterocycles. The van der Waals surface area contributed by atoms with E-state index in [1.165, 1.54) is 12.1 Å². The van der Waals surface area contributed by atoms with Crippen LogP contribution in [0.3, 0.4) is 0 Å². The van der Waals surface area contributed by atoms with Crippen LogP contribution >= 0.6 is 0 Å². The van der Waals surface area contributed by atoms with Crippen molar-refractivity contribution in [3.8, 4) is 0 Å². The molecule has 0 aliphatic rings. The predicted octanol–water partition coefficient (Wildman–Crippen LogP) is 6.23. The Balaban J connectivity index is 1.76. The zero-order chi connectivity index (χ0) is 30.4. The average molecular weight is 595 g/mol. The highest BCUT2D eigenvalue weighted by atomic mass is 32.2. The van der Waals surface area contributed by atoms with E-state index in [1.54, 1.807) is 12.1 Å². The Hall–Kier alpha value is -3.53. The Morgan fingerprint density at radius 1 is 0.810 bits per heavy atom. The molecular weight excluding hydrogens is 552 g/mol. The number of anilines is 1. The molecule has 1 atom stereocenters. The lowest BCUT2D eigenvalue weighted by Gasteiger charge is -2.33. The molecule has 0 radical (unpaired) electrons. The zero-order valence-electron chi connectivity index (χ0n) is 24.7. The summed E-state index contributed by atoms with van der Waals surface area (Å²) >= 11 is 0. The first kappa shape index (κ1) is 33.0. The third kappa shape index (κ3) is 10.4. The highest BCUT2D eigenvalue weighted by Crippen LogP contribution is 2.29. The van der Waals surface area contributed by atoms with Crippen molar-refractivity contribution in [2.45, 2.75) is 77.1 Å². The van der Waals surface area contributed by atoms with Crippen LogP contribution in [-0.4, -0.2) is 32.9 Å². The lowest BCUT2D eigenvalue weighted by atomic mass is 9.86. The van der Waals surface area contributed by atoms with Gasteiger partial charge in [0.05, 0.1) is 25.5 Å². The molecule has 2 N–H and O–H groups in total. The van der Waals surface area contributed by atoms with Crippen LogP contribution in [0, 0.1) is 5.41 Å².